The van der Waals surface area contributed by atoms with Crippen molar-refractivity contribution in [3.63, 3.8) is 0 Å². The predicted molar refractivity (Wildman–Crippen MR) is 134 cm³/mol. The van der Waals surface area contributed by atoms with E-state index in [-0.39, 0.29) is 19.8 Å². The van der Waals surface area contributed by atoms with Crippen molar-refractivity contribution in [2.75, 3.05) is 19.8 Å². The molecule has 9 heteroatoms. The Balaban J connectivity index is -0.000000177. The van der Waals surface area contributed by atoms with Gasteiger partial charge in [-0.05, 0) is 25.7 Å². The van der Waals surface area contributed by atoms with E-state index in [0.717, 1.165) is 64.2 Å². The van der Waals surface area contributed by atoms with Gasteiger partial charge >= 0.3 is 17.9 Å². The van der Waals surface area contributed by atoms with E-state index in [1.807, 2.05) is 6.92 Å². The molecule has 0 rings (SSSR count). The molecule has 206 valence electrons. The van der Waals surface area contributed by atoms with Gasteiger partial charge in [0.25, 0.3) is 0 Å². The molecule has 0 amide bonds. The third-order valence-corrected chi connectivity index (χ3v) is 4.77. The van der Waals surface area contributed by atoms with Gasteiger partial charge in [-0.1, -0.05) is 72.6 Å². The summed E-state index contributed by atoms with van der Waals surface area (Å²) < 4.78 is 0. The fraction of sp³-hybridized carbons (Fsp3) is 0.880. The summed E-state index contributed by atoms with van der Waals surface area (Å²) in [4.78, 5) is 29.6. The summed E-state index contributed by atoms with van der Waals surface area (Å²) in [5, 5.41) is 50.8. The van der Waals surface area contributed by atoms with Crippen LogP contribution in [-0.2, 0) is 14.4 Å². The standard InChI is InChI=1S/C7H16O3.3C6H12O2/c1-2-3-7(4-8,5-9)6-10;3*1-2-3-4-5-6(7)8/h8-10H,2-6H2,1H3;3*2-5H2,1H3,(H,7,8). The van der Waals surface area contributed by atoms with Crippen molar-refractivity contribution in [3.05, 3.63) is 0 Å². The minimum absolute atomic E-state index is 0.145. The van der Waals surface area contributed by atoms with Gasteiger partial charge in [0.05, 0.1) is 19.8 Å². The first-order valence-corrected chi connectivity index (χ1v) is 12.5. The van der Waals surface area contributed by atoms with Crippen LogP contribution < -0.4 is 0 Å². The second-order valence-electron chi connectivity index (χ2n) is 8.28. The molecule has 0 aliphatic carbocycles. The van der Waals surface area contributed by atoms with Crippen molar-refractivity contribution in [1.29, 1.82) is 0 Å². The Labute approximate surface area is 206 Å². The number of unbranched alkanes of at least 4 members (excludes halogenated alkanes) is 6. The van der Waals surface area contributed by atoms with Gasteiger partial charge in [0.15, 0.2) is 0 Å². The molecule has 0 fully saturated rings. The molecule has 0 unspecified atom stereocenters. The van der Waals surface area contributed by atoms with E-state index in [2.05, 4.69) is 20.8 Å². The zero-order chi connectivity index (χ0) is 27.3. The van der Waals surface area contributed by atoms with Crippen LogP contribution in [0.3, 0.4) is 0 Å². The monoisotopic (exact) mass is 496 g/mol. The molecule has 0 bridgehead atoms. The quantitative estimate of drug-likeness (QED) is 0.156. The maximum absolute atomic E-state index is 9.87. The van der Waals surface area contributed by atoms with Crippen LogP contribution in [0.1, 0.15) is 118 Å². The van der Waals surface area contributed by atoms with E-state index in [1.165, 1.54) is 0 Å². The van der Waals surface area contributed by atoms with E-state index < -0.39 is 23.3 Å². The van der Waals surface area contributed by atoms with Crippen LogP contribution in [-0.4, -0.2) is 68.4 Å². The molecule has 0 aromatic heterocycles. The van der Waals surface area contributed by atoms with Crippen molar-refractivity contribution in [2.24, 2.45) is 5.41 Å². The highest BCUT2D eigenvalue weighted by Gasteiger charge is 2.26. The number of carbonyl (C=O) groups is 3. The van der Waals surface area contributed by atoms with Gasteiger partial charge in [-0.2, -0.15) is 0 Å². The number of hydrogen-bond donors (Lipinski definition) is 6. The van der Waals surface area contributed by atoms with Crippen molar-refractivity contribution >= 4 is 17.9 Å². The Morgan fingerprint density at radius 1 is 0.500 bits per heavy atom. The highest BCUT2D eigenvalue weighted by Crippen LogP contribution is 2.21. The lowest BCUT2D eigenvalue weighted by Crippen LogP contribution is -2.33. The molecule has 0 saturated carbocycles. The lowest BCUT2D eigenvalue weighted by molar-refractivity contribution is -0.138. The summed E-state index contributed by atoms with van der Waals surface area (Å²) >= 11 is 0. The summed E-state index contributed by atoms with van der Waals surface area (Å²) in [5.41, 5.74) is -0.658. The van der Waals surface area contributed by atoms with E-state index in [9.17, 15) is 14.4 Å². The molecule has 34 heavy (non-hydrogen) atoms. The Kier molecular flexibility index (Phi) is 36.4. The van der Waals surface area contributed by atoms with Gasteiger partial charge < -0.3 is 30.6 Å². The number of aliphatic hydroxyl groups is 3. The molecule has 9 nitrogen and oxygen atoms in total. The summed E-state index contributed by atoms with van der Waals surface area (Å²) in [5.74, 6) is -2.05. The molecule has 0 aromatic rings. The molecule has 0 aliphatic rings. The van der Waals surface area contributed by atoms with E-state index in [0.29, 0.717) is 25.7 Å². The minimum Gasteiger partial charge on any atom is -0.481 e. The summed E-state index contributed by atoms with van der Waals surface area (Å²) in [6.07, 6.45) is 11.4. The van der Waals surface area contributed by atoms with E-state index in [4.69, 9.17) is 30.6 Å². The molecular formula is C25H52O9. The number of aliphatic hydroxyl groups excluding tert-OH is 3. The van der Waals surface area contributed by atoms with Crippen LogP contribution in [0.4, 0.5) is 0 Å². The molecule has 0 radical (unpaired) electrons. The smallest absolute Gasteiger partial charge is 0.303 e. The molecule has 0 aromatic carbocycles. The first-order chi connectivity index (χ1) is 16.1. The van der Waals surface area contributed by atoms with Crippen LogP contribution in [0.15, 0.2) is 0 Å². The van der Waals surface area contributed by atoms with Crippen molar-refractivity contribution in [2.45, 2.75) is 118 Å². The Morgan fingerprint density at radius 2 is 0.765 bits per heavy atom. The molecule has 0 saturated heterocycles. The van der Waals surface area contributed by atoms with Crippen molar-refractivity contribution < 1.29 is 45.0 Å². The van der Waals surface area contributed by atoms with Crippen molar-refractivity contribution in [1.82, 2.24) is 0 Å². The zero-order valence-corrected chi connectivity index (χ0v) is 21.9. The minimum atomic E-state index is -0.682. The van der Waals surface area contributed by atoms with E-state index >= 15 is 0 Å². The lowest BCUT2D eigenvalue weighted by Gasteiger charge is -2.26. The van der Waals surface area contributed by atoms with Crippen LogP contribution in [0.25, 0.3) is 0 Å². The van der Waals surface area contributed by atoms with Gasteiger partial charge in [-0.15, -0.1) is 0 Å². The summed E-state index contributed by atoms with van der Waals surface area (Å²) in [7, 11) is 0. The maximum atomic E-state index is 9.87. The molecule has 0 spiro atoms. The third-order valence-electron chi connectivity index (χ3n) is 4.77. The first kappa shape index (κ1) is 39.5. The Hall–Kier alpha value is -1.71. The fourth-order valence-corrected chi connectivity index (χ4v) is 2.50. The number of carboxylic acids is 3. The first-order valence-electron chi connectivity index (χ1n) is 12.5. The van der Waals surface area contributed by atoms with Crippen LogP contribution >= 0.6 is 0 Å². The predicted octanol–water partition coefficient (Wildman–Crippen LogP) is 4.70. The largest absolute Gasteiger partial charge is 0.481 e. The number of rotatable bonds is 17. The Bertz CT molecular complexity index is 394. The lowest BCUT2D eigenvalue weighted by atomic mass is 9.86. The fourth-order valence-electron chi connectivity index (χ4n) is 2.50. The number of hydrogen-bond acceptors (Lipinski definition) is 6. The van der Waals surface area contributed by atoms with E-state index in [1.54, 1.807) is 0 Å². The normalized spacial score (nSPS) is 9.97. The van der Waals surface area contributed by atoms with Gasteiger partial charge in [0.1, 0.15) is 0 Å². The number of aliphatic carboxylic acids is 3. The van der Waals surface area contributed by atoms with Gasteiger partial charge in [0.2, 0.25) is 0 Å². The summed E-state index contributed by atoms with van der Waals surface area (Å²) in [6, 6.07) is 0. The van der Waals surface area contributed by atoms with Gasteiger partial charge in [-0.25, -0.2) is 0 Å². The topological polar surface area (TPSA) is 173 Å². The third kappa shape index (κ3) is 37.6. The second kappa shape index (κ2) is 31.3. The van der Waals surface area contributed by atoms with Gasteiger partial charge in [-0.3, -0.25) is 14.4 Å². The van der Waals surface area contributed by atoms with Crippen LogP contribution in [0.5, 0.6) is 0 Å². The summed E-state index contributed by atoms with van der Waals surface area (Å²) in [6.45, 7) is 7.69. The molecule has 0 heterocycles. The Morgan fingerprint density at radius 3 is 0.882 bits per heavy atom. The molecule has 0 aliphatic heterocycles. The van der Waals surface area contributed by atoms with Crippen molar-refractivity contribution in [3.8, 4) is 0 Å². The second-order valence-corrected chi connectivity index (χ2v) is 8.28. The SMILES string of the molecule is CCCC(CO)(CO)CO.CCCCCC(=O)O.CCCCCC(=O)O.CCCCCC(=O)O. The van der Waals surface area contributed by atoms with Gasteiger partial charge in [0, 0.05) is 24.7 Å². The molecule has 0 atom stereocenters. The highest BCUT2D eigenvalue weighted by atomic mass is 16.4. The zero-order valence-electron chi connectivity index (χ0n) is 21.9. The molecule has 6 N–H and O–H groups in total. The average Bonchev–Trinajstić information content (AvgIpc) is 2.79. The molecular weight excluding hydrogens is 444 g/mol. The average molecular weight is 497 g/mol. The maximum Gasteiger partial charge on any atom is 0.303 e. The van der Waals surface area contributed by atoms with Crippen LogP contribution in [0, 0.1) is 5.41 Å². The highest BCUT2D eigenvalue weighted by molar-refractivity contribution is 5.67. The number of carboxylic acid groups (broad SMARTS) is 3. The van der Waals surface area contributed by atoms with Crippen LogP contribution in [0.2, 0.25) is 0 Å².